The van der Waals surface area contributed by atoms with Crippen molar-refractivity contribution in [2.75, 3.05) is 45.2 Å². The minimum Gasteiger partial charge on any atom is -0.450 e. The van der Waals surface area contributed by atoms with Gasteiger partial charge in [0.25, 0.3) is 0 Å². The van der Waals surface area contributed by atoms with Crippen LogP contribution in [0.15, 0.2) is 18.2 Å². The number of anilines is 1. The summed E-state index contributed by atoms with van der Waals surface area (Å²) >= 11 is 6.22. The molecule has 0 radical (unpaired) electrons. The van der Waals surface area contributed by atoms with Crippen LogP contribution in [0.5, 0.6) is 0 Å². The Morgan fingerprint density at radius 1 is 1.17 bits per heavy atom. The summed E-state index contributed by atoms with van der Waals surface area (Å²) in [7, 11) is 2.76. The predicted molar refractivity (Wildman–Crippen MR) is 108 cm³/mol. The van der Waals surface area contributed by atoms with E-state index >= 15 is 0 Å². The van der Waals surface area contributed by atoms with Crippen molar-refractivity contribution in [2.24, 2.45) is 5.41 Å². The molecule has 30 heavy (non-hydrogen) atoms. The molecule has 0 bridgehead atoms. The van der Waals surface area contributed by atoms with Crippen LogP contribution in [0, 0.1) is 5.41 Å². The van der Waals surface area contributed by atoms with Gasteiger partial charge in [-0.2, -0.15) is 0 Å². The van der Waals surface area contributed by atoms with Crippen LogP contribution in [0.25, 0.3) is 0 Å². The summed E-state index contributed by atoms with van der Waals surface area (Å²) in [4.78, 5) is 57.2. The molecule has 3 aliphatic rings. The molecular weight excluding hydrogens is 412 g/mol. The number of fused-ring (bicyclic) bond motifs is 4. The smallest absolute Gasteiger partial charge is 0.409 e. The Morgan fingerprint density at radius 2 is 1.83 bits per heavy atom. The number of imide groups is 2. The van der Waals surface area contributed by atoms with E-state index in [1.807, 2.05) is 17.0 Å². The predicted octanol–water partition coefficient (Wildman–Crippen LogP) is 1.58. The largest absolute Gasteiger partial charge is 0.450 e. The lowest BCUT2D eigenvalue weighted by Crippen LogP contribution is -2.75. The molecule has 160 valence electrons. The van der Waals surface area contributed by atoms with E-state index in [-0.39, 0.29) is 19.6 Å². The quantitative estimate of drug-likeness (QED) is 0.623. The van der Waals surface area contributed by atoms with Crippen LogP contribution >= 0.6 is 11.6 Å². The molecule has 1 aromatic rings. The van der Waals surface area contributed by atoms with E-state index in [0.717, 1.165) is 21.1 Å². The van der Waals surface area contributed by atoms with Crippen molar-refractivity contribution in [2.45, 2.75) is 19.4 Å². The van der Waals surface area contributed by atoms with Crippen molar-refractivity contribution in [3.63, 3.8) is 0 Å². The number of rotatable bonds is 1. The molecule has 3 heterocycles. The van der Waals surface area contributed by atoms with E-state index in [1.54, 1.807) is 13.0 Å². The van der Waals surface area contributed by atoms with E-state index in [4.69, 9.17) is 16.3 Å². The van der Waals surface area contributed by atoms with Crippen LogP contribution in [0.1, 0.15) is 12.5 Å². The molecule has 0 aliphatic carbocycles. The van der Waals surface area contributed by atoms with Gasteiger partial charge in [0.2, 0.25) is 11.8 Å². The Bertz CT molecular complexity index is 927. The molecule has 3 aliphatic heterocycles. The van der Waals surface area contributed by atoms with E-state index in [1.165, 1.54) is 19.0 Å². The molecule has 0 N–H and O–H groups in total. The molecule has 1 atom stereocenters. The maximum atomic E-state index is 13.5. The molecule has 2 fully saturated rings. The van der Waals surface area contributed by atoms with E-state index < -0.39 is 35.4 Å². The van der Waals surface area contributed by atoms with Crippen molar-refractivity contribution in [3.05, 3.63) is 28.8 Å². The molecular formula is C20H23ClN4O5. The molecule has 0 aromatic heterocycles. The van der Waals surface area contributed by atoms with Crippen LogP contribution in [-0.4, -0.2) is 85.0 Å². The summed E-state index contributed by atoms with van der Waals surface area (Å²) in [5.74, 6) is -1.12. The normalized spacial score (nSPS) is 22.9. The van der Waals surface area contributed by atoms with Gasteiger partial charge in [0.05, 0.1) is 12.6 Å². The third kappa shape index (κ3) is 2.75. The van der Waals surface area contributed by atoms with Crippen molar-refractivity contribution in [1.82, 2.24) is 14.7 Å². The average Bonchev–Trinajstić information content (AvgIpc) is 2.75. The Balaban J connectivity index is 1.85. The Morgan fingerprint density at radius 3 is 2.47 bits per heavy atom. The third-order valence-electron chi connectivity index (χ3n) is 6.25. The van der Waals surface area contributed by atoms with Gasteiger partial charge >= 0.3 is 12.1 Å². The lowest BCUT2D eigenvalue weighted by molar-refractivity contribution is -0.160. The van der Waals surface area contributed by atoms with Crippen molar-refractivity contribution in [1.29, 1.82) is 0 Å². The minimum absolute atomic E-state index is 0.122. The number of piperazine rings is 1. The highest BCUT2D eigenvalue weighted by Crippen LogP contribution is 2.47. The highest BCUT2D eigenvalue weighted by atomic mass is 35.5. The van der Waals surface area contributed by atoms with Crippen LogP contribution < -0.4 is 4.90 Å². The van der Waals surface area contributed by atoms with Gasteiger partial charge in [-0.1, -0.05) is 17.7 Å². The first-order chi connectivity index (χ1) is 14.2. The molecule has 4 rings (SSSR count). The summed E-state index contributed by atoms with van der Waals surface area (Å²) in [5.41, 5.74) is 0.117. The van der Waals surface area contributed by atoms with Gasteiger partial charge in [0.15, 0.2) is 5.41 Å². The summed E-state index contributed by atoms with van der Waals surface area (Å²) < 4.78 is 5.14. The number of nitrogens with zero attached hydrogens (tertiary/aromatic N) is 4. The standard InChI is InChI=1S/C20H23ClN4O5/c1-4-30-19(29)24-7-8-25-14-9-13(21)6-5-12(14)10-20(15(25)11-24)16(26)22(2)18(28)23(3)17(20)27/h5-6,9,15H,4,7-8,10-11H2,1-3H3/t15-/m0/s1. The summed E-state index contributed by atoms with van der Waals surface area (Å²) in [6, 6.07) is 4.03. The fourth-order valence-electron chi connectivity index (χ4n) is 4.77. The SMILES string of the molecule is CCOC(=O)N1CCN2c3cc(Cl)ccc3CC3(C(=O)N(C)C(=O)N(C)C3=O)[C@@H]2C1. The zero-order valence-corrected chi connectivity index (χ0v) is 17.8. The molecule has 1 aromatic carbocycles. The highest BCUT2D eigenvalue weighted by molar-refractivity contribution is 6.31. The molecule has 2 saturated heterocycles. The number of carbonyl (C=O) groups is 4. The summed E-state index contributed by atoms with van der Waals surface area (Å²) in [6.45, 7) is 2.85. The zero-order chi connectivity index (χ0) is 21.8. The molecule has 0 saturated carbocycles. The fourth-order valence-corrected chi connectivity index (χ4v) is 4.94. The number of hydrogen-bond donors (Lipinski definition) is 0. The summed E-state index contributed by atoms with van der Waals surface area (Å²) in [5, 5.41) is 0.544. The minimum atomic E-state index is -1.52. The second kappa shape index (κ2) is 7.16. The number of benzene rings is 1. The van der Waals surface area contributed by atoms with E-state index in [9.17, 15) is 19.2 Å². The van der Waals surface area contributed by atoms with Crippen molar-refractivity contribution >= 4 is 41.2 Å². The first kappa shape index (κ1) is 20.5. The summed E-state index contributed by atoms with van der Waals surface area (Å²) in [6.07, 6.45) is -0.366. The number of halogens is 1. The topological polar surface area (TPSA) is 90.5 Å². The van der Waals surface area contributed by atoms with Gasteiger partial charge in [-0.15, -0.1) is 0 Å². The van der Waals surface area contributed by atoms with Crippen molar-refractivity contribution < 1.29 is 23.9 Å². The first-order valence-electron chi connectivity index (χ1n) is 9.79. The first-order valence-corrected chi connectivity index (χ1v) is 10.2. The lowest BCUT2D eigenvalue weighted by Gasteiger charge is -2.55. The van der Waals surface area contributed by atoms with Gasteiger partial charge in [-0.3, -0.25) is 19.4 Å². The Labute approximate surface area is 179 Å². The second-order valence-corrected chi connectivity index (χ2v) is 8.22. The number of urea groups is 1. The van der Waals surface area contributed by atoms with Crippen LogP contribution in [-0.2, 0) is 20.7 Å². The van der Waals surface area contributed by atoms with E-state index in [2.05, 4.69) is 0 Å². The molecule has 5 amide bonds. The van der Waals surface area contributed by atoms with Gasteiger partial charge in [0, 0.05) is 44.4 Å². The molecule has 9 nitrogen and oxygen atoms in total. The number of hydrogen-bond acceptors (Lipinski definition) is 6. The number of amides is 5. The lowest BCUT2D eigenvalue weighted by atomic mass is 9.67. The number of ether oxygens (including phenoxy) is 1. The second-order valence-electron chi connectivity index (χ2n) is 7.79. The Kier molecular flexibility index (Phi) is 4.88. The van der Waals surface area contributed by atoms with Crippen LogP contribution in [0.4, 0.5) is 15.3 Å². The van der Waals surface area contributed by atoms with Gasteiger partial charge < -0.3 is 14.5 Å². The maximum absolute atomic E-state index is 13.5. The number of barbiturate groups is 1. The van der Waals surface area contributed by atoms with Gasteiger partial charge in [0.1, 0.15) is 0 Å². The maximum Gasteiger partial charge on any atom is 0.409 e. The van der Waals surface area contributed by atoms with Gasteiger partial charge in [-0.25, -0.2) is 9.59 Å². The van der Waals surface area contributed by atoms with Crippen LogP contribution in [0.3, 0.4) is 0 Å². The number of carbonyl (C=O) groups excluding carboxylic acids is 4. The Hall–Kier alpha value is -2.81. The van der Waals surface area contributed by atoms with E-state index in [0.29, 0.717) is 18.1 Å². The van der Waals surface area contributed by atoms with Crippen molar-refractivity contribution in [3.8, 4) is 0 Å². The monoisotopic (exact) mass is 434 g/mol. The zero-order valence-electron chi connectivity index (χ0n) is 17.1. The van der Waals surface area contributed by atoms with Gasteiger partial charge in [-0.05, 0) is 31.0 Å². The molecule has 10 heteroatoms. The highest BCUT2D eigenvalue weighted by Gasteiger charge is 2.64. The average molecular weight is 435 g/mol. The molecule has 0 unspecified atom stereocenters. The molecule has 1 spiro atoms. The third-order valence-corrected chi connectivity index (χ3v) is 6.48. The van der Waals surface area contributed by atoms with Crippen LogP contribution in [0.2, 0.25) is 5.02 Å². The fraction of sp³-hybridized carbons (Fsp3) is 0.500.